The third-order valence-corrected chi connectivity index (χ3v) is 3.24. The van der Waals surface area contributed by atoms with Gasteiger partial charge in [0.05, 0.1) is 13.1 Å². The molecule has 0 aliphatic carbocycles. The highest BCUT2D eigenvalue weighted by Gasteiger charge is 2.11. The Labute approximate surface area is 136 Å². The number of nitrogens with zero attached hydrogens (tertiary/aromatic N) is 7. The molecule has 10 heteroatoms. The zero-order valence-corrected chi connectivity index (χ0v) is 12.9. The number of carbonyl (C=O) groups excluding carboxylic acids is 1. The maximum absolute atomic E-state index is 12.3. The molecule has 0 spiro atoms. The van der Waals surface area contributed by atoms with Crippen LogP contribution in [-0.4, -0.2) is 11.1 Å². The van der Waals surface area contributed by atoms with Crippen LogP contribution in [0.5, 0.6) is 0 Å². The van der Waals surface area contributed by atoms with Gasteiger partial charge in [0.2, 0.25) is 0 Å². The van der Waals surface area contributed by atoms with Crippen molar-refractivity contribution in [3.8, 4) is 0 Å². The highest BCUT2D eigenvalue weighted by molar-refractivity contribution is 5.95. The number of carbonyl (C=O) groups is 1. The van der Waals surface area contributed by atoms with E-state index in [1.54, 1.807) is 18.4 Å². The van der Waals surface area contributed by atoms with Crippen molar-refractivity contribution < 1.29 is 9.32 Å². The van der Waals surface area contributed by atoms with Crippen molar-refractivity contribution in [1.82, 2.24) is 10.5 Å². The van der Waals surface area contributed by atoms with Crippen LogP contribution < -0.4 is 5.32 Å². The molecule has 1 aromatic heterocycles. The normalized spacial score (nSPS) is 9.71. The Morgan fingerprint density at radius 2 is 2.17 bits per heavy atom. The number of aromatic nitrogens is 1. The minimum absolute atomic E-state index is 0.0504. The van der Waals surface area contributed by atoms with Gasteiger partial charge in [-0.3, -0.25) is 4.79 Å². The minimum atomic E-state index is -0.364. The lowest BCUT2D eigenvalue weighted by atomic mass is 10.1. The van der Waals surface area contributed by atoms with Crippen molar-refractivity contribution >= 4 is 11.6 Å². The molecule has 0 saturated heterocycles. The van der Waals surface area contributed by atoms with Gasteiger partial charge in [0.25, 0.3) is 5.91 Å². The van der Waals surface area contributed by atoms with Crippen LogP contribution in [0, 0.1) is 0 Å². The number of benzene rings is 1. The van der Waals surface area contributed by atoms with Crippen LogP contribution >= 0.6 is 0 Å². The van der Waals surface area contributed by atoms with Gasteiger partial charge in [-0.25, -0.2) is 0 Å². The van der Waals surface area contributed by atoms with E-state index in [4.69, 9.17) is 15.6 Å². The molecule has 0 saturated carbocycles. The van der Waals surface area contributed by atoms with Gasteiger partial charge in [-0.05, 0) is 41.2 Å². The molecule has 0 aliphatic rings. The maximum Gasteiger partial charge on any atom is 0.251 e. The SMILES string of the molecule is CCc1conc1CNC(=O)c1cc(CN=[N+]=[N-])cc(N=[N+]=[N-])c1. The Balaban J connectivity index is 2.19. The second-order valence-electron chi connectivity index (χ2n) is 4.79. The lowest BCUT2D eigenvalue weighted by Gasteiger charge is -2.07. The van der Waals surface area contributed by atoms with E-state index < -0.39 is 0 Å². The molecule has 1 heterocycles. The molecule has 10 nitrogen and oxygen atoms in total. The molecule has 1 aromatic carbocycles. The van der Waals surface area contributed by atoms with Gasteiger partial charge >= 0.3 is 0 Å². The van der Waals surface area contributed by atoms with Crippen molar-refractivity contribution in [3.63, 3.8) is 0 Å². The first-order chi connectivity index (χ1) is 11.7. The first-order valence-electron chi connectivity index (χ1n) is 7.08. The molecular formula is C14H14N8O2. The van der Waals surface area contributed by atoms with E-state index in [9.17, 15) is 4.79 Å². The molecule has 1 amide bonds. The quantitative estimate of drug-likeness (QED) is 0.466. The van der Waals surface area contributed by atoms with Crippen LogP contribution in [0.1, 0.15) is 34.1 Å². The minimum Gasteiger partial charge on any atom is -0.364 e. The predicted octanol–water partition coefficient (Wildman–Crippen LogP) is 3.92. The van der Waals surface area contributed by atoms with E-state index in [1.807, 2.05) is 6.92 Å². The van der Waals surface area contributed by atoms with Crippen molar-refractivity contribution in [1.29, 1.82) is 0 Å². The molecule has 0 atom stereocenters. The van der Waals surface area contributed by atoms with E-state index in [2.05, 4.69) is 30.5 Å². The lowest BCUT2D eigenvalue weighted by molar-refractivity contribution is 0.0950. The first kappa shape index (κ1) is 16.9. The lowest BCUT2D eigenvalue weighted by Crippen LogP contribution is -2.23. The van der Waals surface area contributed by atoms with Gasteiger partial charge in [-0.2, -0.15) is 0 Å². The molecule has 0 bridgehead atoms. The monoisotopic (exact) mass is 326 g/mol. The van der Waals surface area contributed by atoms with Gasteiger partial charge in [-0.1, -0.05) is 22.3 Å². The summed E-state index contributed by atoms with van der Waals surface area (Å²) >= 11 is 0. The molecule has 122 valence electrons. The Bertz CT molecular complexity index is 831. The van der Waals surface area contributed by atoms with Crippen molar-refractivity contribution in [3.05, 3.63) is 67.7 Å². The van der Waals surface area contributed by atoms with Gasteiger partial charge in [0.15, 0.2) is 0 Å². The number of azide groups is 2. The Morgan fingerprint density at radius 1 is 1.33 bits per heavy atom. The van der Waals surface area contributed by atoms with Crippen LogP contribution in [0.15, 0.2) is 39.2 Å². The summed E-state index contributed by atoms with van der Waals surface area (Å²) < 4.78 is 4.89. The Hall–Kier alpha value is -3.48. The van der Waals surface area contributed by atoms with E-state index in [0.29, 0.717) is 16.8 Å². The Kier molecular flexibility index (Phi) is 5.79. The topological polar surface area (TPSA) is 153 Å². The van der Waals surface area contributed by atoms with Crippen molar-refractivity contribution in [2.45, 2.75) is 26.4 Å². The number of rotatable bonds is 7. The van der Waals surface area contributed by atoms with Gasteiger partial charge in [-0.15, -0.1) is 0 Å². The van der Waals surface area contributed by atoms with Gasteiger partial charge in [0.1, 0.15) is 12.0 Å². The zero-order chi connectivity index (χ0) is 17.4. The van der Waals surface area contributed by atoms with E-state index >= 15 is 0 Å². The average Bonchev–Trinajstić information content (AvgIpc) is 3.05. The van der Waals surface area contributed by atoms with E-state index in [1.165, 1.54) is 6.07 Å². The number of aryl methyl sites for hydroxylation is 1. The second kappa shape index (κ2) is 8.23. The summed E-state index contributed by atoms with van der Waals surface area (Å²) in [5, 5.41) is 13.5. The summed E-state index contributed by atoms with van der Waals surface area (Å²) in [5.74, 6) is -0.364. The van der Waals surface area contributed by atoms with Crippen LogP contribution in [0.2, 0.25) is 0 Å². The summed E-state index contributed by atoms with van der Waals surface area (Å²) in [7, 11) is 0. The fraction of sp³-hybridized carbons (Fsp3) is 0.286. The zero-order valence-electron chi connectivity index (χ0n) is 12.9. The maximum atomic E-state index is 12.3. The standard InChI is InChI=1S/C14H14N8O2/c1-2-10-8-24-20-13(10)7-17-14(23)11-3-9(6-18-21-15)4-12(5-11)19-22-16/h3-5,8H,2,6-7H2,1H3,(H,17,23). The third-order valence-electron chi connectivity index (χ3n) is 3.24. The fourth-order valence-electron chi connectivity index (χ4n) is 2.10. The van der Waals surface area contributed by atoms with Gasteiger partial charge < -0.3 is 9.84 Å². The molecule has 0 fully saturated rings. The summed E-state index contributed by atoms with van der Waals surface area (Å²) in [5.41, 5.74) is 19.7. The third kappa shape index (κ3) is 4.26. The van der Waals surface area contributed by atoms with Crippen LogP contribution in [-0.2, 0) is 19.5 Å². The van der Waals surface area contributed by atoms with Crippen molar-refractivity contribution in [2.75, 3.05) is 0 Å². The number of amides is 1. The Morgan fingerprint density at radius 3 is 2.88 bits per heavy atom. The van der Waals surface area contributed by atoms with Crippen LogP contribution in [0.3, 0.4) is 0 Å². The first-order valence-corrected chi connectivity index (χ1v) is 7.08. The number of nitrogens with one attached hydrogen (secondary N) is 1. The number of hydrogen-bond acceptors (Lipinski definition) is 5. The number of hydrogen-bond donors (Lipinski definition) is 1. The highest BCUT2D eigenvalue weighted by Crippen LogP contribution is 2.19. The molecule has 0 radical (unpaired) electrons. The fourth-order valence-corrected chi connectivity index (χ4v) is 2.10. The molecular weight excluding hydrogens is 312 g/mol. The largest absolute Gasteiger partial charge is 0.364 e. The van der Waals surface area contributed by atoms with Crippen LogP contribution in [0.4, 0.5) is 5.69 Å². The summed E-state index contributed by atoms with van der Waals surface area (Å²) in [4.78, 5) is 17.7. The van der Waals surface area contributed by atoms with E-state index in [-0.39, 0.29) is 24.7 Å². The van der Waals surface area contributed by atoms with Crippen molar-refractivity contribution in [2.24, 2.45) is 10.2 Å². The molecule has 0 unspecified atom stereocenters. The molecule has 1 N–H and O–H groups in total. The van der Waals surface area contributed by atoms with Crippen LogP contribution in [0.25, 0.3) is 20.9 Å². The molecule has 2 rings (SSSR count). The van der Waals surface area contributed by atoms with E-state index in [0.717, 1.165) is 12.0 Å². The molecule has 0 aliphatic heterocycles. The second-order valence-corrected chi connectivity index (χ2v) is 4.79. The van der Waals surface area contributed by atoms with Gasteiger partial charge in [0, 0.05) is 26.6 Å². The summed E-state index contributed by atoms with van der Waals surface area (Å²) in [6.45, 7) is 2.23. The highest BCUT2D eigenvalue weighted by atomic mass is 16.5. The molecule has 24 heavy (non-hydrogen) atoms. The predicted molar refractivity (Wildman–Crippen MR) is 85.1 cm³/mol. The molecule has 2 aromatic rings. The summed E-state index contributed by atoms with van der Waals surface area (Å²) in [6, 6.07) is 4.58. The average molecular weight is 326 g/mol. The smallest absolute Gasteiger partial charge is 0.251 e. The summed E-state index contributed by atoms with van der Waals surface area (Å²) in [6.07, 6.45) is 2.29.